The van der Waals surface area contributed by atoms with Gasteiger partial charge < -0.3 is 4.74 Å². The van der Waals surface area contributed by atoms with Crippen LogP contribution in [0.1, 0.15) is 18.9 Å². The molecule has 1 heterocycles. The van der Waals surface area contributed by atoms with E-state index in [0.29, 0.717) is 6.61 Å². The number of hydrogen-bond acceptors (Lipinski definition) is 3. The van der Waals surface area contributed by atoms with Crippen molar-refractivity contribution in [3.63, 3.8) is 0 Å². The summed E-state index contributed by atoms with van der Waals surface area (Å²) in [4.78, 5) is 12.8. The summed E-state index contributed by atoms with van der Waals surface area (Å²) in [5, 5.41) is 0. The Morgan fingerprint density at radius 2 is 2.00 bits per heavy atom. The molecule has 0 bridgehead atoms. The standard InChI is InChI=1S/C14H16O3S/c1-9-3-5-11(6-4-9)18(16)14-10(2)12(14)7-8-17-13(14)15/h3-6,10,12H,7-8H2,1-2H3/t10-,12-,14-,18?/m0/s1. The number of hydrogen-bond donors (Lipinski definition) is 0. The third kappa shape index (κ3) is 1.41. The smallest absolute Gasteiger partial charge is 0.325 e. The maximum Gasteiger partial charge on any atom is 0.325 e. The van der Waals surface area contributed by atoms with Crippen LogP contribution < -0.4 is 0 Å². The highest BCUT2D eigenvalue weighted by Crippen LogP contribution is 2.60. The van der Waals surface area contributed by atoms with Crippen molar-refractivity contribution in [3.8, 4) is 0 Å². The molecule has 1 saturated heterocycles. The number of benzene rings is 1. The number of ether oxygens (including phenoxy) is 1. The summed E-state index contributed by atoms with van der Waals surface area (Å²) in [5.41, 5.74) is 1.12. The summed E-state index contributed by atoms with van der Waals surface area (Å²) in [6.07, 6.45) is 0.838. The Kier molecular flexibility index (Phi) is 2.59. The summed E-state index contributed by atoms with van der Waals surface area (Å²) in [5.74, 6) is 0.112. The van der Waals surface area contributed by atoms with Crippen molar-refractivity contribution >= 4 is 16.8 Å². The van der Waals surface area contributed by atoms with Gasteiger partial charge in [-0.05, 0) is 37.3 Å². The fourth-order valence-electron chi connectivity index (χ4n) is 3.05. The monoisotopic (exact) mass is 264 g/mol. The van der Waals surface area contributed by atoms with E-state index in [1.807, 2.05) is 38.1 Å². The third-order valence-electron chi connectivity index (χ3n) is 4.24. The van der Waals surface area contributed by atoms with Crippen LogP contribution in [0.3, 0.4) is 0 Å². The molecule has 1 aromatic carbocycles. The molecule has 4 heteroatoms. The summed E-state index contributed by atoms with van der Waals surface area (Å²) < 4.78 is 17.1. The van der Waals surface area contributed by atoms with E-state index in [9.17, 15) is 9.00 Å². The second-order valence-electron chi connectivity index (χ2n) is 5.19. The second-order valence-corrected chi connectivity index (χ2v) is 6.88. The van der Waals surface area contributed by atoms with Crippen LogP contribution in [0.2, 0.25) is 0 Å². The number of esters is 1. The van der Waals surface area contributed by atoms with E-state index in [2.05, 4.69) is 0 Å². The van der Waals surface area contributed by atoms with Gasteiger partial charge in [-0.1, -0.05) is 24.6 Å². The van der Waals surface area contributed by atoms with Gasteiger partial charge >= 0.3 is 5.97 Å². The van der Waals surface area contributed by atoms with Crippen molar-refractivity contribution in [3.05, 3.63) is 29.8 Å². The van der Waals surface area contributed by atoms with Crippen LogP contribution in [0.4, 0.5) is 0 Å². The molecule has 3 rings (SSSR count). The van der Waals surface area contributed by atoms with Gasteiger partial charge in [-0.3, -0.25) is 9.00 Å². The maximum absolute atomic E-state index is 12.7. The predicted molar refractivity (Wildman–Crippen MR) is 68.5 cm³/mol. The fourth-order valence-corrected chi connectivity index (χ4v) is 5.06. The Morgan fingerprint density at radius 3 is 2.61 bits per heavy atom. The minimum Gasteiger partial charge on any atom is -0.465 e. The lowest BCUT2D eigenvalue weighted by Gasteiger charge is -2.20. The van der Waals surface area contributed by atoms with Crippen molar-refractivity contribution in [1.29, 1.82) is 0 Å². The molecule has 1 aromatic rings. The molecule has 0 radical (unpaired) electrons. The molecule has 0 amide bonds. The molecule has 1 unspecified atom stereocenters. The SMILES string of the molecule is Cc1ccc(S(=O)[C@]23C(=O)OCC[C@H]2[C@@H]3C)cc1. The van der Waals surface area contributed by atoms with Gasteiger partial charge in [-0.25, -0.2) is 0 Å². The highest BCUT2D eigenvalue weighted by Gasteiger charge is 2.73. The maximum atomic E-state index is 12.7. The first-order valence-electron chi connectivity index (χ1n) is 6.24. The van der Waals surface area contributed by atoms with Gasteiger partial charge in [0.25, 0.3) is 0 Å². The van der Waals surface area contributed by atoms with Crippen molar-refractivity contribution in [2.75, 3.05) is 6.61 Å². The molecule has 3 nitrogen and oxygen atoms in total. The summed E-state index contributed by atoms with van der Waals surface area (Å²) >= 11 is 0. The van der Waals surface area contributed by atoms with Crippen LogP contribution in [-0.2, 0) is 20.3 Å². The molecule has 4 atom stereocenters. The summed E-state index contributed by atoms with van der Waals surface area (Å²) in [7, 11) is -1.30. The van der Waals surface area contributed by atoms with Gasteiger partial charge in [0.05, 0.1) is 17.4 Å². The van der Waals surface area contributed by atoms with Crippen molar-refractivity contribution in [1.82, 2.24) is 0 Å². The first-order chi connectivity index (χ1) is 8.58. The Morgan fingerprint density at radius 1 is 1.33 bits per heavy atom. The molecule has 0 spiro atoms. The zero-order valence-corrected chi connectivity index (χ0v) is 11.3. The zero-order chi connectivity index (χ0) is 12.9. The summed E-state index contributed by atoms with van der Waals surface area (Å²) in [6.45, 7) is 4.46. The van der Waals surface area contributed by atoms with Crippen LogP contribution in [0.5, 0.6) is 0 Å². The van der Waals surface area contributed by atoms with E-state index in [1.165, 1.54) is 0 Å². The normalized spacial score (nSPS) is 35.6. The van der Waals surface area contributed by atoms with Crippen LogP contribution in [0.25, 0.3) is 0 Å². The zero-order valence-electron chi connectivity index (χ0n) is 10.5. The van der Waals surface area contributed by atoms with Gasteiger partial charge in [0.2, 0.25) is 0 Å². The van der Waals surface area contributed by atoms with E-state index in [4.69, 9.17) is 4.74 Å². The van der Waals surface area contributed by atoms with Crippen molar-refractivity contribution in [2.24, 2.45) is 11.8 Å². The molecule has 18 heavy (non-hydrogen) atoms. The molecule has 1 aliphatic carbocycles. The van der Waals surface area contributed by atoms with E-state index in [1.54, 1.807) is 0 Å². The number of fused-ring (bicyclic) bond motifs is 1. The molecule has 1 saturated carbocycles. The molecule has 2 fully saturated rings. The van der Waals surface area contributed by atoms with Gasteiger partial charge in [-0.15, -0.1) is 0 Å². The largest absolute Gasteiger partial charge is 0.465 e. The first-order valence-corrected chi connectivity index (χ1v) is 7.39. The quantitative estimate of drug-likeness (QED) is 0.768. The average Bonchev–Trinajstić information content (AvgIpc) is 2.98. The minimum absolute atomic E-state index is 0.162. The molecular formula is C14H16O3S. The van der Waals surface area contributed by atoms with Crippen LogP contribution >= 0.6 is 0 Å². The number of carbonyl (C=O) groups is 1. The average molecular weight is 264 g/mol. The van der Waals surface area contributed by atoms with E-state index in [-0.39, 0.29) is 17.8 Å². The molecule has 2 aliphatic rings. The Hall–Kier alpha value is -1.16. The topological polar surface area (TPSA) is 43.4 Å². The lowest BCUT2D eigenvalue weighted by atomic mass is 10.2. The van der Waals surface area contributed by atoms with Gasteiger partial charge in [-0.2, -0.15) is 0 Å². The van der Waals surface area contributed by atoms with Gasteiger partial charge in [0.1, 0.15) is 0 Å². The molecule has 96 valence electrons. The Labute approximate surface area is 109 Å². The van der Waals surface area contributed by atoms with Gasteiger partial charge in [0.15, 0.2) is 4.75 Å². The number of cyclic esters (lactones) is 1. The number of aryl methyl sites for hydroxylation is 1. The van der Waals surface area contributed by atoms with Crippen molar-refractivity contribution in [2.45, 2.75) is 29.9 Å². The molecule has 0 aromatic heterocycles. The van der Waals surface area contributed by atoms with E-state index < -0.39 is 15.5 Å². The Balaban J connectivity index is 1.97. The molecule has 1 aliphatic heterocycles. The van der Waals surface area contributed by atoms with Crippen LogP contribution in [-0.4, -0.2) is 21.5 Å². The Bertz CT molecular complexity index is 522. The molecular weight excluding hydrogens is 248 g/mol. The summed E-state index contributed by atoms with van der Waals surface area (Å²) in [6, 6.07) is 7.56. The van der Waals surface area contributed by atoms with E-state index in [0.717, 1.165) is 16.9 Å². The third-order valence-corrected chi connectivity index (χ3v) is 6.40. The highest BCUT2D eigenvalue weighted by molar-refractivity contribution is 7.87. The first kappa shape index (κ1) is 11.9. The highest BCUT2D eigenvalue weighted by atomic mass is 32.2. The van der Waals surface area contributed by atoms with E-state index >= 15 is 0 Å². The van der Waals surface area contributed by atoms with Crippen LogP contribution in [0.15, 0.2) is 29.2 Å². The number of carbonyl (C=O) groups excluding carboxylic acids is 1. The predicted octanol–water partition coefficient (Wildman–Crippen LogP) is 2.05. The molecule has 0 N–H and O–H groups in total. The fraction of sp³-hybridized carbons (Fsp3) is 0.500. The van der Waals surface area contributed by atoms with Crippen LogP contribution in [0, 0.1) is 18.8 Å². The lowest BCUT2D eigenvalue weighted by Crippen LogP contribution is -2.37. The van der Waals surface area contributed by atoms with Gasteiger partial charge in [0, 0.05) is 4.90 Å². The minimum atomic E-state index is -1.30. The van der Waals surface area contributed by atoms with Crippen molar-refractivity contribution < 1.29 is 13.7 Å². The second kappa shape index (κ2) is 3.92. The lowest BCUT2D eigenvalue weighted by molar-refractivity contribution is -0.146. The number of rotatable bonds is 2.